The highest BCUT2D eigenvalue weighted by molar-refractivity contribution is 6.83. The molecular weight excluding hydrogens is 240 g/mol. The minimum absolute atomic E-state index is 0.000283. The lowest BCUT2D eigenvalue weighted by Gasteiger charge is -2.13. The molecule has 0 bridgehead atoms. The first-order chi connectivity index (χ1) is 8.20. The molecule has 2 heterocycles. The van der Waals surface area contributed by atoms with Gasteiger partial charge < -0.3 is 5.32 Å². The van der Waals surface area contributed by atoms with Gasteiger partial charge in [-0.3, -0.25) is 4.79 Å². The average molecular weight is 258 g/mol. The first-order valence-corrected chi connectivity index (χ1v) is 9.56. The van der Waals surface area contributed by atoms with E-state index in [1.165, 1.54) is 0 Å². The van der Waals surface area contributed by atoms with Gasteiger partial charge in [0.2, 0.25) is 5.91 Å². The summed E-state index contributed by atoms with van der Waals surface area (Å²) in [5, 5.41) is 2.82. The van der Waals surface area contributed by atoms with Crippen molar-refractivity contribution in [3.63, 3.8) is 0 Å². The van der Waals surface area contributed by atoms with Gasteiger partial charge in [-0.1, -0.05) is 31.6 Å². The molecule has 1 aromatic heterocycles. The molecule has 1 aliphatic heterocycles. The molecule has 1 aromatic rings. The summed E-state index contributed by atoms with van der Waals surface area (Å²) in [6.45, 7) is 10.4. The van der Waals surface area contributed by atoms with E-state index < -0.39 is 13.5 Å². The molecule has 0 fully saturated rings. The van der Waals surface area contributed by atoms with E-state index >= 15 is 0 Å². The van der Waals surface area contributed by atoms with Crippen molar-refractivity contribution >= 4 is 19.8 Å². The largest absolute Gasteiger partial charge is 0.310 e. The standard InChI is InChI=1S/C14H18N2OSi/c1-14(2)11-7-6-10(8-9-18(3,4)5)15-12(11)16-13(14)17/h6-7H,1-5H3,(H,15,16,17). The number of nitrogens with one attached hydrogen (secondary N) is 1. The Morgan fingerprint density at radius 3 is 2.56 bits per heavy atom. The molecule has 2 rings (SSSR count). The van der Waals surface area contributed by atoms with Crippen LogP contribution in [0.15, 0.2) is 12.1 Å². The van der Waals surface area contributed by atoms with Crippen molar-refractivity contribution in [2.45, 2.75) is 38.9 Å². The molecule has 0 radical (unpaired) electrons. The molecule has 18 heavy (non-hydrogen) atoms. The van der Waals surface area contributed by atoms with Crippen molar-refractivity contribution in [1.82, 2.24) is 4.98 Å². The molecule has 0 aromatic carbocycles. The number of aromatic nitrogens is 1. The number of amides is 1. The predicted molar refractivity (Wildman–Crippen MR) is 76.1 cm³/mol. The molecule has 3 nitrogen and oxygen atoms in total. The van der Waals surface area contributed by atoms with Crippen molar-refractivity contribution in [2.24, 2.45) is 0 Å². The van der Waals surface area contributed by atoms with Crippen LogP contribution in [0.3, 0.4) is 0 Å². The first-order valence-electron chi connectivity index (χ1n) is 6.06. The van der Waals surface area contributed by atoms with Gasteiger partial charge in [0.15, 0.2) is 0 Å². The molecule has 0 aliphatic carbocycles. The highest BCUT2D eigenvalue weighted by Gasteiger charge is 2.39. The number of carbonyl (C=O) groups is 1. The molecular formula is C14H18N2OSi. The molecule has 4 heteroatoms. The summed E-state index contributed by atoms with van der Waals surface area (Å²) in [4.78, 5) is 16.2. The van der Waals surface area contributed by atoms with E-state index in [1.807, 2.05) is 26.0 Å². The van der Waals surface area contributed by atoms with E-state index in [0.29, 0.717) is 5.82 Å². The second-order valence-electron chi connectivity index (χ2n) is 6.17. The van der Waals surface area contributed by atoms with Crippen molar-refractivity contribution in [3.8, 4) is 11.5 Å². The van der Waals surface area contributed by atoms with Crippen molar-refractivity contribution < 1.29 is 4.79 Å². The second-order valence-corrected chi connectivity index (χ2v) is 10.9. The number of pyridine rings is 1. The minimum atomic E-state index is -1.40. The zero-order chi connectivity index (χ0) is 13.6. The number of nitrogens with zero attached hydrogens (tertiary/aromatic N) is 1. The van der Waals surface area contributed by atoms with Gasteiger partial charge in [0.25, 0.3) is 0 Å². The normalized spacial score (nSPS) is 16.6. The molecule has 0 saturated heterocycles. The van der Waals surface area contributed by atoms with Gasteiger partial charge in [-0.2, -0.15) is 0 Å². The van der Waals surface area contributed by atoms with Crippen LogP contribution in [0.1, 0.15) is 25.1 Å². The minimum Gasteiger partial charge on any atom is -0.310 e. The van der Waals surface area contributed by atoms with Crippen LogP contribution in [0.2, 0.25) is 19.6 Å². The van der Waals surface area contributed by atoms with Crippen LogP contribution in [0.4, 0.5) is 5.82 Å². The Kier molecular flexibility index (Phi) is 2.82. The van der Waals surface area contributed by atoms with Gasteiger partial charge in [0.05, 0.1) is 5.41 Å². The number of fused-ring (bicyclic) bond motifs is 1. The van der Waals surface area contributed by atoms with Crippen LogP contribution in [-0.4, -0.2) is 19.0 Å². The Bertz CT molecular complexity index is 574. The molecule has 1 aliphatic rings. The van der Waals surface area contributed by atoms with E-state index in [4.69, 9.17) is 0 Å². The van der Waals surface area contributed by atoms with Crippen molar-refractivity contribution in [3.05, 3.63) is 23.4 Å². The first kappa shape index (κ1) is 12.8. The Hall–Kier alpha value is -1.60. The summed E-state index contributed by atoms with van der Waals surface area (Å²) in [6.07, 6.45) is 0. The van der Waals surface area contributed by atoms with Gasteiger partial charge >= 0.3 is 0 Å². The maximum atomic E-state index is 11.8. The molecule has 94 valence electrons. The SMILES string of the molecule is CC1(C)C(=O)Nc2nc(C#C[Si](C)(C)C)ccc21. The molecule has 0 saturated carbocycles. The summed E-state index contributed by atoms with van der Waals surface area (Å²) < 4.78 is 0. The van der Waals surface area contributed by atoms with Crippen LogP contribution in [0.25, 0.3) is 0 Å². The Labute approximate surface area is 109 Å². The lowest BCUT2D eigenvalue weighted by molar-refractivity contribution is -0.119. The monoisotopic (exact) mass is 258 g/mol. The van der Waals surface area contributed by atoms with Crippen LogP contribution in [0.5, 0.6) is 0 Å². The van der Waals surface area contributed by atoms with Gasteiger partial charge in [0.1, 0.15) is 19.6 Å². The van der Waals surface area contributed by atoms with Gasteiger partial charge in [-0.15, -0.1) is 5.54 Å². The summed E-state index contributed by atoms with van der Waals surface area (Å²) >= 11 is 0. The van der Waals surface area contributed by atoms with E-state index in [0.717, 1.165) is 11.3 Å². The Balaban J connectivity index is 2.39. The maximum Gasteiger partial charge on any atom is 0.235 e. The zero-order valence-corrected chi connectivity index (χ0v) is 12.5. The maximum absolute atomic E-state index is 11.8. The zero-order valence-electron chi connectivity index (χ0n) is 11.5. The molecule has 0 spiro atoms. The van der Waals surface area contributed by atoms with Crippen molar-refractivity contribution in [2.75, 3.05) is 5.32 Å². The van der Waals surface area contributed by atoms with Crippen LogP contribution in [-0.2, 0) is 10.2 Å². The summed E-state index contributed by atoms with van der Waals surface area (Å²) in [5.74, 6) is 3.77. The molecule has 0 unspecified atom stereocenters. The molecule has 1 N–H and O–H groups in total. The molecule has 1 amide bonds. The predicted octanol–water partition coefficient (Wildman–Crippen LogP) is 2.54. The smallest absolute Gasteiger partial charge is 0.235 e. The molecule has 0 atom stereocenters. The van der Waals surface area contributed by atoms with Gasteiger partial charge in [0, 0.05) is 5.56 Å². The lowest BCUT2D eigenvalue weighted by atomic mass is 9.87. The van der Waals surface area contributed by atoms with Crippen LogP contribution >= 0.6 is 0 Å². The van der Waals surface area contributed by atoms with E-state index in [9.17, 15) is 4.79 Å². The third kappa shape index (κ3) is 2.32. The number of carbonyl (C=O) groups excluding carboxylic acids is 1. The van der Waals surface area contributed by atoms with Gasteiger partial charge in [-0.05, 0) is 19.9 Å². The fourth-order valence-electron chi connectivity index (χ4n) is 1.77. The fourth-order valence-corrected chi connectivity index (χ4v) is 2.27. The van der Waals surface area contributed by atoms with E-state index in [1.54, 1.807) is 0 Å². The Morgan fingerprint density at radius 2 is 1.94 bits per heavy atom. The quantitative estimate of drug-likeness (QED) is 0.574. The third-order valence-electron chi connectivity index (χ3n) is 2.93. The highest BCUT2D eigenvalue weighted by Crippen LogP contribution is 2.35. The second kappa shape index (κ2) is 3.96. The van der Waals surface area contributed by atoms with E-state index in [2.05, 4.69) is 41.4 Å². The number of hydrogen-bond acceptors (Lipinski definition) is 2. The lowest BCUT2D eigenvalue weighted by Crippen LogP contribution is -2.26. The number of hydrogen-bond donors (Lipinski definition) is 1. The third-order valence-corrected chi connectivity index (χ3v) is 3.81. The summed E-state index contributed by atoms with van der Waals surface area (Å²) in [5.41, 5.74) is 4.46. The summed E-state index contributed by atoms with van der Waals surface area (Å²) in [7, 11) is -1.40. The van der Waals surface area contributed by atoms with Crippen molar-refractivity contribution in [1.29, 1.82) is 0 Å². The fraction of sp³-hybridized carbons (Fsp3) is 0.429. The topological polar surface area (TPSA) is 42.0 Å². The van der Waals surface area contributed by atoms with E-state index in [-0.39, 0.29) is 5.91 Å². The highest BCUT2D eigenvalue weighted by atomic mass is 28.3. The average Bonchev–Trinajstić information content (AvgIpc) is 2.46. The van der Waals surface area contributed by atoms with Crippen LogP contribution < -0.4 is 5.32 Å². The number of rotatable bonds is 0. The Morgan fingerprint density at radius 1 is 1.28 bits per heavy atom. The van der Waals surface area contributed by atoms with Crippen LogP contribution in [0, 0.1) is 11.5 Å². The summed E-state index contributed by atoms with van der Waals surface area (Å²) in [6, 6.07) is 3.85. The van der Waals surface area contributed by atoms with Gasteiger partial charge in [-0.25, -0.2) is 4.98 Å². The number of anilines is 1.